The lowest BCUT2D eigenvalue weighted by atomic mass is 9.86. The third kappa shape index (κ3) is 4.51. The SMILES string of the molecule is COc1cc(C#N)ccc1Cn1nc(C(=O)N[C@@H](C(N)=O)C(C)(C)C)c2ccccc21. The molecule has 31 heavy (non-hydrogen) atoms. The molecule has 0 unspecified atom stereocenters. The zero-order valence-electron chi connectivity index (χ0n) is 18.0. The number of amides is 2. The quantitative estimate of drug-likeness (QED) is 0.636. The third-order valence-corrected chi connectivity index (χ3v) is 5.04. The fraction of sp³-hybridized carbons (Fsp3) is 0.304. The number of primary amides is 1. The van der Waals surface area contributed by atoms with Gasteiger partial charge >= 0.3 is 0 Å². The van der Waals surface area contributed by atoms with Crippen LogP contribution in [0.25, 0.3) is 10.9 Å². The zero-order valence-corrected chi connectivity index (χ0v) is 18.0. The second kappa shape index (κ2) is 8.48. The number of para-hydroxylation sites is 1. The number of nitriles is 1. The number of nitrogens with zero attached hydrogens (tertiary/aromatic N) is 3. The van der Waals surface area contributed by atoms with E-state index in [-0.39, 0.29) is 5.69 Å². The lowest BCUT2D eigenvalue weighted by Crippen LogP contribution is -2.52. The van der Waals surface area contributed by atoms with E-state index in [1.54, 1.807) is 28.9 Å². The predicted octanol–water partition coefficient (Wildman–Crippen LogP) is 2.59. The minimum Gasteiger partial charge on any atom is -0.496 e. The van der Waals surface area contributed by atoms with Gasteiger partial charge in [0.05, 0.1) is 30.8 Å². The van der Waals surface area contributed by atoms with E-state index in [9.17, 15) is 9.59 Å². The molecule has 2 amide bonds. The highest BCUT2D eigenvalue weighted by Crippen LogP contribution is 2.25. The summed E-state index contributed by atoms with van der Waals surface area (Å²) in [6.45, 7) is 5.82. The molecule has 3 N–H and O–H groups in total. The summed E-state index contributed by atoms with van der Waals surface area (Å²) < 4.78 is 7.12. The molecular weight excluding hydrogens is 394 g/mol. The van der Waals surface area contributed by atoms with Gasteiger partial charge in [0.2, 0.25) is 5.91 Å². The van der Waals surface area contributed by atoms with Crippen LogP contribution >= 0.6 is 0 Å². The van der Waals surface area contributed by atoms with Crippen molar-refractivity contribution in [2.75, 3.05) is 7.11 Å². The van der Waals surface area contributed by atoms with Gasteiger partial charge in [-0.1, -0.05) is 45.0 Å². The van der Waals surface area contributed by atoms with Gasteiger partial charge in [0.25, 0.3) is 5.91 Å². The highest BCUT2D eigenvalue weighted by molar-refractivity contribution is 6.06. The summed E-state index contributed by atoms with van der Waals surface area (Å²) >= 11 is 0. The van der Waals surface area contributed by atoms with Crippen LogP contribution in [0.1, 0.15) is 42.4 Å². The summed E-state index contributed by atoms with van der Waals surface area (Å²) in [5.41, 5.74) is 7.23. The van der Waals surface area contributed by atoms with Gasteiger partial charge in [0.1, 0.15) is 11.8 Å². The Morgan fingerprint density at radius 1 is 1.26 bits per heavy atom. The molecule has 0 saturated carbocycles. The monoisotopic (exact) mass is 419 g/mol. The Hall–Kier alpha value is -3.86. The van der Waals surface area contributed by atoms with Gasteiger partial charge in [-0.05, 0) is 23.6 Å². The lowest BCUT2D eigenvalue weighted by Gasteiger charge is -2.28. The van der Waals surface area contributed by atoms with Crippen LogP contribution in [0.2, 0.25) is 0 Å². The van der Waals surface area contributed by atoms with Gasteiger partial charge in [-0.25, -0.2) is 0 Å². The molecule has 0 aliphatic rings. The molecule has 0 aliphatic carbocycles. The standard InChI is InChI=1S/C23H25N5O3/c1-23(2,3)20(21(25)29)26-22(30)19-16-7-5-6-8-17(16)28(27-19)13-15-10-9-14(12-24)11-18(15)31-4/h5-11,20H,13H2,1-4H3,(H2,25,29)(H,26,30)/t20-/m0/s1. The first kappa shape index (κ1) is 21.8. The van der Waals surface area contributed by atoms with Crippen LogP contribution in [0, 0.1) is 16.7 Å². The van der Waals surface area contributed by atoms with E-state index in [4.69, 9.17) is 15.7 Å². The van der Waals surface area contributed by atoms with Crippen LogP contribution < -0.4 is 15.8 Å². The largest absolute Gasteiger partial charge is 0.496 e. The molecule has 1 heterocycles. The first-order valence-electron chi connectivity index (χ1n) is 9.78. The summed E-state index contributed by atoms with van der Waals surface area (Å²) in [6, 6.07) is 13.8. The summed E-state index contributed by atoms with van der Waals surface area (Å²) in [7, 11) is 1.54. The molecule has 0 aliphatic heterocycles. The first-order chi connectivity index (χ1) is 14.7. The van der Waals surface area contributed by atoms with Gasteiger partial charge in [-0.2, -0.15) is 10.4 Å². The number of rotatable bonds is 6. The molecule has 8 heteroatoms. The molecule has 1 aromatic heterocycles. The molecule has 0 bridgehead atoms. The molecule has 0 fully saturated rings. The Labute approximate surface area is 180 Å². The van der Waals surface area contributed by atoms with Crippen LogP contribution in [-0.2, 0) is 11.3 Å². The van der Waals surface area contributed by atoms with Crippen molar-refractivity contribution < 1.29 is 14.3 Å². The van der Waals surface area contributed by atoms with Crippen molar-refractivity contribution in [3.63, 3.8) is 0 Å². The van der Waals surface area contributed by atoms with Crippen LogP contribution in [0.4, 0.5) is 0 Å². The molecule has 3 aromatic rings. The zero-order chi connectivity index (χ0) is 22.8. The van der Waals surface area contributed by atoms with Crippen molar-refractivity contribution in [1.29, 1.82) is 5.26 Å². The van der Waals surface area contributed by atoms with Crippen molar-refractivity contribution in [3.8, 4) is 11.8 Å². The molecule has 160 valence electrons. The molecule has 8 nitrogen and oxygen atoms in total. The molecule has 0 spiro atoms. The van der Waals surface area contributed by atoms with Gasteiger partial charge in [-0.15, -0.1) is 0 Å². The normalized spacial score (nSPS) is 12.2. The van der Waals surface area contributed by atoms with Gasteiger partial charge in [0, 0.05) is 10.9 Å². The third-order valence-electron chi connectivity index (χ3n) is 5.04. The average molecular weight is 419 g/mol. The molecule has 0 saturated heterocycles. The van der Waals surface area contributed by atoms with E-state index < -0.39 is 23.3 Å². The highest BCUT2D eigenvalue weighted by atomic mass is 16.5. The van der Waals surface area contributed by atoms with Gasteiger partial charge in [0.15, 0.2) is 5.69 Å². The minimum atomic E-state index is -0.845. The lowest BCUT2D eigenvalue weighted by molar-refractivity contribution is -0.122. The Morgan fingerprint density at radius 3 is 2.58 bits per heavy atom. The number of carbonyl (C=O) groups excluding carboxylic acids is 2. The average Bonchev–Trinajstić information content (AvgIpc) is 3.09. The number of benzene rings is 2. The molecular formula is C23H25N5O3. The number of fused-ring (bicyclic) bond motifs is 1. The van der Waals surface area contributed by atoms with Crippen LogP contribution in [0.5, 0.6) is 5.75 Å². The maximum absolute atomic E-state index is 13.0. The molecule has 3 rings (SSSR count). The van der Waals surface area contributed by atoms with Crippen molar-refractivity contribution >= 4 is 22.7 Å². The number of methoxy groups -OCH3 is 1. The smallest absolute Gasteiger partial charge is 0.273 e. The predicted molar refractivity (Wildman–Crippen MR) is 116 cm³/mol. The Bertz CT molecular complexity index is 1180. The van der Waals surface area contributed by atoms with E-state index in [0.717, 1.165) is 11.1 Å². The van der Waals surface area contributed by atoms with Crippen molar-refractivity contribution in [1.82, 2.24) is 15.1 Å². The summed E-state index contributed by atoms with van der Waals surface area (Å²) in [5.74, 6) is -0.515. The fourth-order valence-electron chi connectivity index (χ4n) is 3.44. The maximum Gasteiger partial charge on any atom is 0.273 e. The van der Waals surface area contributed by atoms with Crippen molar-refractivity contribution in [2.24, 2.45) is 11.1 Å². The topological polar surface area (TPSA) is 123 Å². The van der Waals surface area contributed by atoms with Gasteiger partial charge in [-0.3, -0.25) is 14.3 Å². The van der Waals surface area contributed by atoms with Crippen molar-refractivity contribution in [3.05, 3.63) is 59.3 Å². The number of aromatic nitrogens is 2. The minimum absolute atomic E-state index is 0.207. The Morgan fingerprint density at radius 2 is 1.97 bits per heavy atom. The number of hydrogen-bond donors (Lipinski definition) is 2. The summed E-state index contributed by atoms with van der Waals surface area (Å²) in [5, 5.41) is 17.0. The summed E-state index contributed by atoms with van der Waals surface area (Å²) in [6.07, 6.45) is 0. The van der Waals surface area contributed by atoms with Crippen LogP contribution in [-0.4, -0.2) is 34.7 Å². The molecule has 1 atom stereocenters. The number of nitrogens with two attached hydrogens (primary N) is 1. The number of ether oxygens (including phenoxy) is 1. The van der Waals surface area contributed by atoms with Crippen LogP contribution in [0.15, 0.2) is 42.5 Å². The van der Waals surface area contributed by atoms with Crippen LogP contribution in [0.3, 0.4) is 0 Å². The van der Waals surface area contributed by atoms with E-state index in [2.05, 4.69) is 16.5 Å². The Kier molecular flexibility index (Phi) is 5.97. The van der Waals surface area contributed by atoms with E-state index in [1.807, 2.05) is 39.0 Å². The van der Waals surface area contributed by atoms with Gasteiger partial charge < -0.3 is 15.8 Å². The number of carbonyl (C=O) groups is 2. The number of hydrogen-bond acceptors (Lipinski definition) is 5. The maximum atomic E-state index is 13.0. The first-order valence-corrected chi connectivity index (χ1v) is 9.78. The second-order valence-corrected chi connectivity index (χ2v) is 8.34. The van der Waals surface area contributed by atoms with E-state index >= 15 is 0 Å². The summed E-state index contributed by atoms with van der Waals surface area (Å²) in [4.78, 5) is 24.9. The number of nitrogens with one attached hydrogen (secondary N) is 1. The molecule has 2 aromatic carbocycles. The van der Waals surface area contributed by atoms with E-state index in [1.165, 1.54) is 7.11 Å². The highest BCUT2D eigenvalue weighted by Gasteiger charge is 2.32. The van der Waals surface area contributed by atoms with Crippen molar-refractivity contribution in [2.45, 2.75) is 33.4 Å². The molecule has 0 radical (unpaired) electrons. The van der Waals surface area contributed by atoms with E-state index in [0.29, 0.717) is 23.2 Å². The fourth-order valence-corrected chi connectivity index (χ4v) is 3.44. The Balaban J connectivity index is 2.01. The second-order valence-electron chi connectivity index (χ2n) is 8.34.